The first-order valence-corrected chi connectivity index (χ1v) is 31.5. The number of aliphatic hydroxyl groups excluding tert-OH is 3. The molecule has 4 heterocycles. The number of ketones is 3. The third-order valence-corrected chi connectivity index (χ3v) is 18.5. The van der Waals surface area contributed by atoms with E-state index < -0.39 is 200 Å². The van der Waals surface area contributed by atoms with E-state index in [1.807, 2.05) is 0 Å². The molecular weight excluding hydrogens is 1160 g/mol. The van der Waals surface area contributed by atoms with Crippen molar-refractivity contribution in [3.8, 4) is 5.75 Å². The normalized spacial score (nSPS) is 24.6. The lowest BCUT2D eigenvalue weighted by Gasteiger charge is -2.32. The first kappa shape index (κ1) is 69.9. The highest BCUT2D eigenvalue weighted by Gasteiger charge is 2.45. The maximum absolute atomic E-state index is 15.3. The minimum Gasteiger partial charge on any atom is -0.496 e. The summed E-state index contributed by atoms with van der Waals surface area (Å²) in [6, 6.07) is -3.72. The molecule has 8 amide bonds. The molecule has 1 saturated heterocycles. The number of nitrogens with two attached hydrogens (primary N) is 1. The van der Waals surface area contributed by atoms with Crippen LogP contribution in [0.5, 0.6) is 5.75 Å². The van der Waals surface area contributed by atoms with Crippen LogP contribution in [0, 0.1) is 29.6 Å². The molecule has 29 heteroatoms. The summed E-state index contributed by atoms with van der Waals surface area (Å²) < 4.78 is 21.1. The van der Waals surface area contributed by atoms with Gasteiger partial charge in [-0.1, -0.05) is 40.5 Å². The summed E-state index contributed by atoms with van der Waals surface area (Å²) in [5, 5.41) is 56.5. The number of carboxylic acids is 1. The number of thioether (sulfide) groups is 1. The zero-order valence-corrected chi connectivity index (χ0v) is 50.8. The first-order chi connectivity index (χ1) is 40.8. The van der Waals surface area contributed by atoms with Gasteiger partial charge < -0.3 is 72.7 Å². The van der Waals surface area contributed by atoms with Crippen LogP contribution in [0.2, 0.25) is 0 Å². The van der Waals surface area contributed by atoms with Crippen molar-refractivity contribution in [2.45, 2.75) is 158 Å². The number of aromatic nitrogens is 1. The van der Waals surface area contributed by atoms with Crippen LogP contribution in [0.15, 0.2) is 17.2 Å². The molecule has 2 aromatic rings. The number of fused-ring (bicyclic) bond motifs is 5. The number of primary amides is 1. The fraction of sp³-hybridized carbons (Fsp3) is 0.649. The molecule has 12 atom stereocenters. The van der Waals surface area contributed by atoms with E-state index in [1.54, 1.807) is 26.0 Å². The smallest absolute Gasteiger partial charge is 0.306 e. The van der Waals surface area contributed by atoms with E-state index in [0.29, 0.717) is 73.0 Å². The van der Waals surface area contributed by atoms with Crippen molar-refractivity contribution in [2.75, 3.05) is 51.4 Å². The Balaban J connectivity index is 1.59. The second-order valence-corrected chi connectivity index (χ2v) is 25.0. The highest BCUT2D eigenvalue weighted by molar-refractivity contribution is 7.98. The number of H-pyrrole nitrogens is 1. The van der Waals surface area contributed by atoms with Crippen LogP contribution in [0.25, 0.3) is 10.9 Å². The lowest BCUT2D eigenvalue weighted by Crippen LogP contribution is -2.60. The predicted octanol–water partition coefficient (Wildman–Crippen LogP) is -1.07. The molecule has 1 aromatic heterocycles. The monoisotopic (exact) mass is 1250 g/mol. The number of carboxylic acid groups (broad SMARTS) is 1. The number of amides is 8. The topological polar surface area (TPSA) is 429 Å². The number of carbonyl (C=O) groups excluding carboxylic acids is 11. The highest BCUT2D eigenvalue weighted by Crippen LogP contribution is 2.37. The van der Waals surface area contributed by atoms with Gasteiger partial charge in [0.05, 0.1) is 79.5 Å². The fourth-order valence-electron chi connectivity index (χ4n) is 10.7. The molecule has 5 rings (SSSR count). The molecule has 0 aliphatic carbocycles. The van der Waals surface area contributed by atoms with Crippen LogP contribution in [-0.2, 0) is 80.5 Å². The van der Waals surface area contributed by atoms with Crippen molar-refractivity contribution in [2.24, 2.45) is 35.3 Å². The minimum atomic E-state index is -2.42. The second-order valence-electron chi connectivity index (χ2n) is 22.5. The quantitative estimate of drug-likeness (QED) is 0.0590. The molecule has 1 aromatic carbocycles. The number of hydrogen-bond donors (Lipinski definition) is 12. The second kappa shape index (κ2) is 33.3. The molecule has 1 fully saturated rings. The Morgan fingerprint density at radius 2 is 1.60 bits per heavy atom. The molecular formula is C57H83N9O18S2. The van der Waals surface area contributed by atoms with E-state index in [0.717, 1.165) is 4.90 Å². The third-order valence-electron chi connectivity index (χ3n) is 16.0. The molecule has 3 aliphatic heterocycles. The van der Waals surface area contributed by atoms with Gasteiger partial charge in [-0.3, -0.25) is 61.7 Å². The van der Waals surface area contributed by atoms with Crippen LogP contribution in [0.1, 0.15) is 116 Å². The Morgan fingerprint density at radius 1 is 0.895 bits per heavy atom. The zero-order valence-electron chi connectivity index (χ0n) is 49.2. The average molecular weight is 1250 g/mol. The Morgan fingerprint density at radius 3 is 2.28 bits per heavy atom. The lowest BCUT2D eigenvalue weighted by atomic mass is 9.85. The molecule has 0 radical (unpaired) electrons. The summed E-state index contributed by atoms with van der Waals surface area (Å²) >= 11 is 1.44. The maximum Gasteiger partial charge on any atom is 0.306 e. The standard InChI is InChI=1S/C57H83N9O18S2/c1-6-29(2)37-20-34(69)23-60-51(76)32-18-38-36-13-14-45(84-5)39(27-85-16-10-12-33(68)11-8-7-9-15-59-47(74)17-30(3)57(81)82)50(36)65-55(38)86(83)28-41(62-48(75)24-61-52(37)77)53(78)63-40(22-46(58)73)56(80)66-25-35(70)21-42(66)54(79)64-49(43(71)19-32)31(4)44(72)26-67/h13-14,29-32,35,37,40-42,44,49,65,67,70,72H,6-12,15-28H2,1-5H3,(H2,58,73)(H,59,74)(H,60,76)(H,61,77)(H,62,75)(H,63,78)(H,64,79)(H,81,82)/t29-,30?,31-,32+,35+,37-,40-,41-,42-,44-,49-,86?/m0/s1. The summed E-state index contributed by atoms with van der Waals surface area (Å²) in [7, 11) is -0.992. The SMILES string of the molecule is CC[C@H](C)[C@@H]1CC(=O)CNC(=O)[C@H]2CC(=O)[C@H]([C@@H](C)[C@@H](O)CO)NC(=O)[C@@H]3C[C@@H](O)CN3C(=O)[C@H](CC(N)=O)NC(=O)[C@H](CS(=O)c3[nH]c4c(CSCCCC(=O)CCCCCNC(=O)CC(C)C(=O)O)c(OC)ccc4c3C2)NC(=O)CNC1=O. The predicted molar refractivity (Wildman–Crippen MR) is 313 cm³/mol. The number of Topliss-reactive ketones (excluding diaryl/α,β-unsaturated/α-hetero) is 3. The van der Waals surface area contributed by atoms with E-state index in [4.69, 9.17) is 15.6 Å². The number of carbonyl (C=O) groups is 12. The van der Waals surface area contributed by atoms with Gasteiger partial charge in [-0.25, -0.2) is 0 Å². The molecule has 13 N–H and O–H groups in total. The van der Waals surface area contributed by atoms with Crippen molar-refractivity contribution < 1.29 is 86.9 Å². The fourth-order valence-corrected chi connectivity index (χ4v) is 13.0. The summed E-state index contributed by atoms with van der Waals surface area (Å²) in [5.41, 5.74) is 6.65. The number of aliphatic carboxylic acids is 1. The summed E-state index contributed by atoms with van der Waals surface area (Å²) in [4.78, 5) is 167. The number of ether oxygens (including phenoxy) is 1. The molecule has 476 valence electrons. The minimum absolute atomic E-state index is 0.0405. The Labute approximate surface area is 504 Å². The number of benzene rings is 1. The molecule has 2 unspecified atom stereocenters. The van der Waals surface area contributed by atoms with Crippen molar-refractivity contribution in [3.63, 3.8) is 0 Å². The Kier molecular flexibility index (Phi) is 27.1. The van der Waals surface area contributed by atoms with E-state index in [-0.39, 0.29) is 40.9 Å². The van der Waals surface area contributed by atoms with Gasteiger partial charge in [0.2, 0.25) is 47.3 Å². The molecule has 27 nitrogen and oxygen atoms in total. The van der Waals surface area contributed by atoms with Crippen molar-refractivity contribution in [3.05, 3.63) is 23.3 Å². The molecule has 0 spiro atoms. The first-order valence-electron chi connectivity index (χ1n) is 29.0. The number of methoxy groups -OCH3 is 1. The van der Waals surface area contributed by atoms with Crippen molar-refractivity contribution in [1.29, 1.82) is 0 Å². The number of unbranched alkanes of at least 4 members (excludes halogenated alkanes) is 2. The summed E-state index contributed by atoms with van der Waals surface area (Å²) in [6.07, 6.45) is -2.57. The van der Waals surface area contributed by atoms with Crippen LogP contribution in [-0.4, -0.2) is 193 Å². The summed E-state index contributed by atoms with van der Waals surface area (Å²) in [6.45, 7) is 3.87. The number of rotatable bonds is 23. The van der Waals surface area contributed by atoms with Gasteiger partial charge in [-0.05, 0) is 55.1 Å². The van der Waals surface area contributed by atoms with Crippen LogP contribution < -0.4 is 42.4 Å². The van der Waals surface area contributed by atoms with Gasteiger partial charge in [0.25, 0.3) is 0 Å². The van der Waals surface area contributed by atoms with Gasteiger partial charge >= 0.3 is 5.97 Å². The van der Waals surface area contributed by atoms with Gasteiger partial charge in [0.15, 0.2) is 11.6 Å². The maximum atomic E-state index is 15.3. The largest absolute Gasteiger partial charge is 0.496 e. The van der Waals surface area contributed by atoms with Gasteiger partial charge in [-0.15, -0.1) is 0 Å². The molecule has 86 heavy (non-hydrogen) atoms. The summed E-state index contributed by atoms with van der Waals surface area (Å²) in [5.74, 6) is -14.5. The van der Waals surface area contributed by atoms with Crippen LogP contribution in [0.4, 0.5) is 0 Å². The van der Waals surface area contributed by atoms with Crippen LogP contribution >= 0.6 is 11.8 Å². The van der Waals surface area contributed by atoms with Crippen molar-refractivity contribution >= 4 is 104 Å². The lowest BCUT2D eigenvalue weighted by molar-refractivity contribution is -0.144. The molecule has 2 bridgehead atoms. The number of aliphatic hydroxyl groups is 3. The van der Waals surface area contributed by atoms with E-state index in [9.17, 15) is 72.9 Å². The van der Waals surface area contributed by atoms with Crippen molar-refractivity contribution in [1.82, 2.24) is 41.8 Å². The Hall–Kier alpha value is -6.82. The number of nitrogens with one attached hydrogen (secondary N) is 7. The van der Waals surface area contributed by atoms with E-state index >= 15 is 4.21 Å². The Bertz CT molecular complexity index is 2870. The zero-order chi connectivity index (χ0) is 63.5. The van der Waals surface area contributed by atoms with Gasteiger partial charge in [-0.2, -0.15) is 11.8 Å². The molecule has 3 aliphatic rings. The van der Waals surface area contributed by atoms with E-state index in [1.165, 1.54) is 32.7 Å². The van der Waals surface area contributed by atoms with E-state index in [2.05, 4.69) is 36.9 Å². The van der Waals surface area contributed by atoms with Gasteiger partial charge in [0, 0.05) is 86.1 Å². The van der Waals surface area contributed by atoms with Crippen LogP contribution in [0.3, 0.4) is 0 Å². The highest BCUT2D eigenvalue weighted by atomic mass is 32.2. The third kappa shape index (κ3) is 19.6. The molecule has 0 saturated carbocycles. The number of aromatic amines is 1. The number of hydrogen-bond acceptors (Lipinski definition) is 18. The number of nitrogens with zero attached hydrogens (tertiary/aromatic N) is 1. The average Bonchev–Trinajstić information content (AvgIpc) is 3.58. The van der Waals surface area contributed by atoms with Gasteiger partial charge in [0.1, 0.15) is 34.7 Å².